The van der Waals surface area contributed by atoms with Crippen LogP contribution in [-0.2, 0) is 17.4 Å². The van der Waals surface area contributed by atoms with Crippen LogP contribution in [-0.4, -0.2) is 47.0 Å². The topological polar surface area (TPSA) is 49.3 Å². The Kier molecular flexibility index (Phi) is 6.39. The highest BCUT2D eigenvalue weighted by Gasteiger charge is 2.30. The molecule has 0 unspecified atom stereocenters. The molecule has 1 aromatic heterocycles. The summed E-state index contributed by atoms with van der Waals surface area (Å²) in [7, 11) is 2.01. The van der Waals surface area contributed by atoms with Gasteiger partial charge in [-0.25, -0.2) is 9.97 Å². The van der Waals surface area contributed by atoms with Gasteiger partial charge in [-0.3, -0.25) is 4.79 Å². The van der Waals surface area contributed by atoms with Gasteiger partial charge in [-0.15, -0.1) is 0 Å². The predicted molar refractivity (Wildman–Crippen MR) is 105 cm³/mol. The molecule has 0 bridgehead atoms. The minimum atomic E-state index is -4.34. The third kappa shape index (κ3) is 5.46. The second-order valence-electron chi connectivity index (χ2n) is 7.44. The van der Waals surface area contributed by atoms with Crippen LogP contribution in [0, 0.1) is 6.92 Å². The summed E-state index contributed by atoms with van der Waals surface area (Å²) >= 11 is 0. The summed E-state index contributed by atoms with van der Waals surface area (Å²) in [4.78, 5) is 24.9. The zero-order valence-electron chi connectivity index (χ0n) is 16.6. The zero-order valence-corrected chi connectivity index (χ0v) is 16.6. The van der Waals surface area contributed by atoms with Gasteiger partial charge in [0.2, 0.25) is 5.91 Å². The SMILES string of the molecule is Cc1cc(N(C)C2CCN(C(=O)CCc3ccc(C(F)(F)F)cc3)CC2)ncn1. The van der Waals surface area contributed by atoms with Crippen molar-refractivity contribution < 1.29 is 18.0 Å². The van der Waals surface area contributed by atoms with Gasteiger partial charge in [-0.05, 0) is 43.9 Å². The van der Waals surface area contributed by atoms with Crippen LogP contribution >= 0.6 is 0 Å². The average Bonchev–Trinajstić information content (AvgIpc) is 2.71. The molecule has 1 aromatic carbocycles. The van der Waals surface area contributed by atoms with Gasteiger partial charge in [0.15, 0.2) is 0 Å². The maximum absolute atomic E-state index is 12.6. The summed E-state index contributed by atoms with van der Waals surface area (Å²) in [5, 5.41) is 0. The fourth-order valence-corrected chi connectivity index (χ4v) is 3.59. The number of hydrogen-bond acceptors (Lipinski definition) is 4. The maximum atomic E-state index is 12.6. The number of halogens is 3. The van der Waals surface area contributed by atoms with Crippen molar-refractivity contribution in [3.8, 4) is 0 Å². The van der Waals surface area contributed by atoms with Crippen molar-refractivity contribution in [3.05, 3.63) is 53.5 Å². The number of carbonyl (C=O) groups is 1. The Balaban J connectivity index is 1.47. The van der Waals surface area contributed by atoms with Crippen LogP contribution in [0.25, 0.3) is 0 Å². The molecular weight excluding hydrogens is 381 g/mol. The molecule has 1 amide bonds. The summed E-state index contributed by atoms with van der Waals surface area (Å²) in [5.74, 6) is 0.925. The summed E-state index contributed by atoms with van der Waals surface area (Å²) in [5.41, 5.74) is 0.982. The molecule has 0 atom stereocenters. The second-order valence-corrected chi connectivity index (χ2v) is 7.44. The van der Waals surface area contributed by atoms with E-state index in [0.717, 1.165) is 42.0 Å². The number of likely N-dealkylation sites (tertiary alicyclic amines) is 1. The Morgan fingerprint density at radius 1 is 1.17 bits per heavy atom. The van der Waals surface area contributed by atoms with E-state index in [4.69, 9.17) is 0 Å². The molecule has 29 heavy (non-hydrogen) atoms. The predicted octanol–water partition coefficient (Wildman–Crippen LogP) is 3.86. The zero-order chi connectivity index (χ0) is 21.0. The van der Waals surface area contributed by atoms with Crippen LogP contribution in [0.15, 0.2) is 36.7 Å². The van der Waals surface area contributed by atoms with Gasteiger partial charge in [-0.2, -0.15) is 13.2 Å². The molecule has 156 valence electrons. The fraction of sp³-hybridized carbons (Fsp3) is 0.476. The lowest BCUT2D eigenvalue weighted by Crippen LogP contribution is -2.46. The molecule has 2 heterocycles. The van der Waals surface area contributed by atoms with Crippen molar-refractivity contribution in [2.75, 3.05) is 25.0 Å². The van der Waals surface area contributed by atoms with Crippen LogP contribution in [0.4, 0.5) is 19.0 Å². The minimum absolute atomic E-state index is 0.0453. The van der Waals surface area contributed by atoms with Crippen molar-refractivity contribution in [1.82, 2.24) is 14.9 Å². The highest BCUT2D eigenvalue weighted by molar-refractivity contribution is 5.76. The second kappa shape index (κ2) is 8.80. The Hall–Kier alpha value is -2.64. The lowest BCUT2D eigenvalue weighted by Gasteiger charge is -2.37. The first-order valence-corrected chi connectivity index (χ1v) is 9.69. The van der Waals surface area contributed by atoms with E-state index in [1.807, 2.05) is 24.9 Å². The van der Waals surface area contributed by atoms with E-state index in [9.17, 15) is 18.0 Å². The van der Waals surface area contributed by atoms with E-state index in [1.165, 1.54) is 12.1 Å². The standard InChI is InChI=1S/C21H25F3N4O/c1-15-13-19(26-14-25-15)27(2)18-9-11-28(12-10-18)20(29)8-5-16-3-6-17(7-4-16)21(22,23)24/h3-4,6-7,13-14,18H,5,8-12H2,1-2H3. The summed E-state index contributed by atoms with van der Waals surface area (Å²) < 4.78 is 37.9. The number of piperidine rings is 1. The first-order valence-electron chi connectivity index (χ1n) is 9.69. The molecule has 0 aliphatic carbocycles. The molecular formula is C21H25F3N4O. The molecule has 5 nitrogen and oxygen atoms in total. The number of aryl methyl sites for hydroxylation is 2. The Bertz CT molecular complexity index is 831. The van der Waals surface area contributed by atoms with Crippen molar-refractivity contribution >= 4 is 11.7 Å². The number of anilines is 1. The van der Waals surface area contributed by atoms with E-state index < -0.39 is 11.7 Å². The van der Waals surface area contributed by atoms with Crippen LogP contribution in [0.3, 0.4) is 0 Å². The lowest BCUT2D eigenvalue weighted by atomic mass is 10.0. The molecule has 8 heteroatoms. The largest absolute Gasteiger partial charge is 0.416 e. The van der Waals surface area contributed by atoms with Crippen LogP contribution < -0.4 is 4.90 Å². The normalized spacial score (nSPS) is 15.4. The molecule has 1 aliphatic heterocycles. The number of benzene rings is 1. The van der Waals surface area contributed by atoms with Crippen LogP contribution in [0.5, 0.6) is 0 Å². The van der Waals surface area contributed by atoms with Crippen LogP contribution in [0.2, 0.25) is 0 Å². The first-order chi connectivity index (χ1) is 13.7. The molecule has 1 saturated heterocycles. The van der Waals surface area contributed by atoms with E-state index in [-0.39, 0.29) is 5.91 Å². The molecule has 1 fully saturated rings. The molecule has 0 saturated carbocycles. The number of rotatable bonds is 5. The Morgan fingerprint density at radius 2 is 1.83 bits per heavy atom. The summed E-state index contributed by atoms with van der Waals surface area (Å²) in [6, 6.07) is 7.28. The molecule has 3 rings (SSSR count). The third-order valence-corrected chi connectivity index (χ3v) is 5.42. The Morgan fingerprint density at radius 3 is 2.41 bits per heavy atom. The van der Waals surface area contributed by atoms with Gasteiger partial charge in [-0.1, -0.05) is 12.1 Å². The highest BCUT2D eigenvalue weighted by atomic mass is 19.4. The van der Waals surface area contributed by atoms with Gasteiger partial charge in [0, 0.05) is 44.4 Å². The number of carbonyl (C=O) groups excluding carboxylic acids is 1. The van der Waals surface area contributed by atoms with Crippen molar-refractivity contribution in [3.63, 3.8) is 0 Å². The number of alkyl halides is 3. The minimum Gasteiger partial charge on any atom is -0.356 e. The van der Waals surface area contributed by atoms with Crippen molar-refractivity contribution in [2.24, 2.45) is 0 Å². The van der Waals surface area contributed by atoms with E-state index in [2.05, 4.69) is 14.9 Å². The number of aromatic nitrogens is 2. The molecule has 2 aromatic rings. The fourth-order valence-electron chi connectivity index (χ4n) is 3.59. The van der Waals surface area contributed by atoms with Gasteiger partial charge in [0.05, 0.1) is 5.56 Å². The average molecular weight is 406 g/mol. The van der Waals surface area contributed by atoms with Gasteiger partial charge in [0.25, 0.3) is 0 Å². The first kappa shape index (κ1) is 21.1. The number of amides is 1. The summed E-state index contributed by atoms with van der Waals surface area (Å²) in [6.07, 6.45) is -0.331. The van der Waals surface area contributed by atoms with Crippen LogP contribution in [0.1, 0.15) is 36.1 Å². The monoisotopic (exact) mass is 406 g/mol. The van der Waals surface area contributed by atoms with Crippen molar-refractivity contribution in [2.45, 2.75) is 44.8 Å². The van der Waals surface area contributed by atoms with Gasteiger partial charge >= 0.3 is 6.18 Å². The lowest BCUT2D eigenvalue weighted by molar-refractivity contribution is -0.137. The number of hydrogen-bond donors (Lipinski definition) is 0. The van der Waals surface area contributed by atoms with Gasteiger partial charge in [0.1, 0.15) is 12.1 Å². The van der Waals surface area contributed by atoms with E-state index >= 15 is 0 Å². The molecule has 0 N–H and O–H groups in total. The Labute approximate surface area is 168 Å². The van der Waals surface area contributed by atoms with Gasteiger partial charge < -0.3 is 9.80 Å². The molecule has 0 radical (unpaired) electrons. The highest BCUT2D eigenvalue weighted by Crippen LogP contribution is 2.29. The number of nitrogens with zero attached hydrogens (tertiary/aromatic N) is 4. The maximum Gasteiger partial charge on any atom is 0.416 e. The molecule has 0 spiro atoms. The summed E-state index contributed by atoms with van der Waals surface area (Å²) in [6.45, 7) is 3.27. The van der Waals surface area contributed by atoms with E-state index in [0.29, 0.717) is 32.0 Å². The van der Waals surface area contributed by atoms with Crippen molar-refractivity contribution in [1.29, 1.82) is 0 Å². The smallest absolute Gasteiger partial charge is 0.356 e. The van der Waals surface area contributed by atoms with E-state index in [1.54, 1.807) is 6.33 Å². The molecule has 1 aliphatic rings. The quantitative estimate of drug-likeness (QED) is 0.757. The third-order valence-electron chi connectivity index (χ3n) is 5.42.